The van der Waals surface area contributed by atoms with Crippen LogP contribution in [0.2, 0.25) is 0 Å². The molecule has 0 rings (SSSR count). The van der Waals surface area contributed by atoms with Crippen LogP contribution in [0.4, 0.5) is 0 Å². The zero-order valence-corrected chi connectivity index (χ0v) is 10.7. The first kappa shape index (κ1) is 15.2. The Morgan fingerprint density at radius 2 is 2.06 bits per heavy atom. The van der Waals surface area contributed by atoms with Gasteiger partial charge in [-0.05, 0) is 20.3 Å². The summed E-state index contributed by atoms with van der Waals surface area (Å²) in [6.07, 6.45) is 1.27. The monoisotopic (exact) mass is 249 g/mol. The Balaban J connectivity index is 4.55. The van der Waals surface area contributed by atoms with E-state index < -0.39 is 22.9 Å². The minimum Gasteiger partial charge on any atom is -0.479 e. The summed E-state index contributed by atoms with van der Waals surface area (Å²) in [5.41, 5.74) is 0. The number of ether oxygens (including phenoxy) is 1. The Labute approximate surface area is 101 Å². The van der Waals surface area contributed by atoms with E-state index in [1.807, 2.05) is 6.92 Å². The van der Waals surface area contributed by atoms with Crippen LogP contribution in [0, 0.1) is 0 Å². The first-order valence-electron chi connectivity index (χ1n) is 5.25. The Bertz CT molecular complexity index is 255. The lowest BCUT2D eigenvalue weighted by Crippen LogP contribution is -2.53. The Kier molecular flexibility index (Phi) is 6.43. The maximum absolute atomic E-state index is 11.5. The molecule has 6 heteroatoms. The molecule has 0 saturated carbocycles. The number of carbonyl (C=O) groups excluding carboxylic acids is 1. The molecule has 0 aliphatic carbocycles. The van der Waals surface area contributed by atoms with Crippen LogP contribution in [0.1, 0.15) is 33.6 Å². The molecule has 2 atom stereocenters. The van der Waals surface area contributed by atoms with Crippen LogP contribution in [0.5, 0.6) is 0 Å². The molecule has 0 bridgehead atoms. The second kappa shape index (κ2) is 6.75. The quantitative estimate of drug-likeness (QED) is 0.357. The second-order valence-corrected chi connectivity index (χ2v) is 4.51. The van der Waals surface area contributed by atoms with Crippen molar-refractivity contribution in [2.75, 3.05) is 6.61 Å². The molecule has 0 aromatic heterocycles. The first-order chi connectivity index (χ1) is 7.35. The van der Waals surface area contributed by atoms with Crippen LogP contribution in [0.3, 0.4) is 0 Å². The summed E-state index contributed by atoms with van der Waals surface area (Å²) in [5.74, 6) is -1.56. The molecule has 5 nitrogen and oxygen atoms in total. The zero-order chi connectivity index (χ0) is 12.8. The summed E-state index contributed by atoms with van der Waals surface area (Å²) in [7, 11) is 0. The van der Waals surface area contributed by atoms with E-state index in [9.17, 15) is 9.59 Å². The van der Waals surface area contributed by atoms with Gasteiger partial charge < -0.3 is 9.84 Å². The topological polar surface area (TPSA) is 75.6 Å². The average molecular weight is 249 g/mol. The molecule has 2 unspecified atom stereocenters. The lowest BCUT2D eigenvalue weighted by molar-refractivity contribution is -0.147. The van der Waals surface area contributed by atoms with Crippen LogP contribution in [0.25, 0.3) is 0 Å². The number of carbonyl (C=O) groups is 2. The molecule has 16 heavy (non-hydrogen) atoms. The van der Waals surface area contributed by atoms with E-state index in [0.29, 0.717) is 6.42 Å². The van der Waals surface area contributed by atoms with E-state index in [1.165, 1.54) is 6.92 Å². The third-order valence-corrected chi connectivity index (χ3v) is 2.34. The first-order valence-corrected chi connectivity index (χ1v) is 5.70. The number of esters is 1. The van der Waals surface area contributed by atoms with Gasteiger partial charge in [0.25, 0.3) is 0 Å². The van der Waals surface area contributed by atoms with Gasteiger partial charge in [0.2, 0.25) is 0 Å². The van der Waals surface area contributed by atoms with Gasteiger partial charge in [-0.15, -0.1) is 12.6 Å². The molecule has 0 saturated heterocycles. The van der Waals surface area contributed by atoms with Crippen LogP contribution in [-0.4, -0.2) is 34.6 Å². The van der Waals surface area contributed by atoms with E-state index >= 15 is 0 Å². The molecule has 0 aromatic rings. The van der Waals surface area contributed by atoms with E-state index in [1.54, 1.807) is 6.92 Å². The fraction of sp³-hybridized carbons (Fsp3) is 0.800. The summed E-state index contributed by atoms with van der Waals surface area (Å²) < 4.78 is 4.85. The van der Waals surface area contributed by atoms with Crippen molar-refractivity contribution in [3.05, 3.63) is 0 Å². The van der Waals surface area contributed by atoms with E-state index in [-0.39, 0.29) is 6.61 Å². The Morgan fingerprint density at radius 3 is 2.44 bits per heavy atom. The molecule has 0 fully saturated rings. The molecule has 0 heterocycles. The molecule has 2 N–H and O–H groups in total. The van der Waals surface area contributed by atoms with Gasteiger partial charge in [-0.3, -0.25) is 10.1 Å². The fourth-order valence-electron chi connectivity index (χ4n) is 1.18. The van der Waals surface area contributed by atoms with E-state index in [0.717, 1.165) is 6.42 Å². The van der Waals surface area contributed by atoms with Crippen molar-refractivity contribution >= 4 is 24.6 Å². The van der Waals surface area contributed by atoms with E-state index in [4.69, 9.17) is 9.84 Å². The van der Waals surface area contributed by atoms with Gasteiger partial charge in [0, 0.05) is 0 Å². The molecule has 0 aliphatic rings. The number of nitrogens with one attached hydrogen (secondary N) is 1. The predicted molar refractivity (Wildman–Crippen MR) is 63.5 cm³/mol. The van der Waals surface area contributed by atoms with Gasteiger partial charge in [0.15, 0.2) is 4.87 Å². The second-order valence-electron chi connectivity index (χ2n) is 3.62. The van der Waals surface area contributed by atoms with Gasteiger partial charge in [0.1, 0.15) is 6.04 Å². The summed E-state index contributed by atoms with van der Waals surface area (Å²) >= 11 is 3.96. The molecule has 0 radical (unpaired) electrons. The molecule has 0 amide bonds. The maximum Gasteiger partial charge on any atom is 0.333 e. The minimum absolute atomic E-state index is 0.275. The molecular weight excluding hydrogens is 230 g/mol. The average Bonchev–Trinajstić information content (AvgIpc) is 2.17. The molecule has 94 valence electrons. The van der Waals surface area contributed by atoms with Crippen LogP contribution in [0.15, 0.2) is 0 Å². The maximum atomic E-state index is 11.5. The van der Waals surface area contributed by atoms with Crippen molar-refractivity contribution < 1.29 is 19.4 Å². The van der Waals surface area contributed by atoms with Gasteiger partial charge in [0.05, 0.1) is 6.61 Å². The largest absolute Gasteiger partial charge is 0.479 e. The van der Waals surface area contributed by atoms with Gasteiger partial charge in [-0.1, -0.05) is 13.3 Å². The minimum atomic E-state index is -1.44. The third-order valence-electron chi connectivity index (χ3n) is 2.02. The Hall–Kier alpha value is -0.750. The smallest absolute Gasteiger partial charge is 0.333 e. The predicted octanol–water partition coefficient (Wildman–Crippen LogP) is 1.04. The molecule has 0 spiro atoms. The van der Waals surface area contributed by atoms with Crippen LogP contribution in [-0.2, 0) is 14.3 Å². The number of rotatable bonds is 7. The zero-order valence-electron chi connectivity index (χ0n) is 9.82. The number of carboxylic acid groups (broad SMARTS) is 1. The summed E-state index contributed by atoms with van der Waals surface area (Å²) in [6.45, 7) is 5.28. The van der Waals surface area contributed by atoms with Crippen molar-refractivity contribution in [1.82, 2.24) is 5.32 Å². The van der Waals surface area contributed by atoms with Gasteiger partial charge >= 0.3 is 11.9 Å². The molecule has 0 aliphatic heterocycles. The molecular formula is C10H19NO4S. The van der Waals surface area contributed by atoms with Crippen molar-refractivity contribution in [3.8, 4) is 0 Å². The van der Waals surface area contributed by atoms with Crippen molar-refractivity contribution in [2.45, 2.75) is 44.5 Å². The van der Waals surface area contributed by atoms with Crippen molar-refractivity contribution in [1.29, 1.82) is 0 Å². The van der Waals surface area contributed by atoms with Crippen molar-refractivity contribution in [2.24, 2.45) is 0 Å². The van der Waals surface area contributed by atoms with Crippen LogP contribution < -0.4 is 5.32 Å². The highest BCUT2D eigenvalue weighted by atomic mass is 32.1. The summed E-state index contributed by atoms with van der Waals surface area (Å²) in [4.78, 5) is 20.9. The SMILES string of the molecule is CCCC(NC(C)(S)C(=O)O)C(=O)OCC. The highest BCUT2D eigenvalue weighted by Crippen LogP contribution is 2.13. The number of hydrogen-bond donors (Lipinski definition) is 3. The summed E-state index contributed by atoms with van der Waals surface area (Å²) in [5, 5.41) is 11.5. The van der Waals surface area contributed by atoms with E-state index in [2.05, 4.69) is 17.9 Å². The highest BCUT2D eigenvalue weighted by Gasteiger charge is 2.33. The third kappa shape index (κ3) is 4.85. The fourth-order valence-corrected chi connectivity index (χ4v) is 1.34. The van der Waals surface area contributed by atoms with Gasteiger partial charge in [-0.2, -0.15) is 0 Å². The normalized spacial score (nSPS) is 16.2. The number of thiol groups is 1. The number of carboxylic acids is 1. The van der Waals surface area contributed by atoms with Gasteiger partial charge in [-0.25, -0.2) is 4.79 Å². The Morgan fingerprint density at radius 1 is 1.50 bits per heavy atom. The lowest BCUT2D eigenvalue weighted by atomic mass is 10.1. The van der Waals surface area contributed by atoms with Crippen molar-refractivity contribution in [3.63, 3.8) is 0 Å². The molecule has 0 aromatic carbocycles. The number of aliphatic carboxylic acids is 1. The lowest BCUT2D eigenvalue weighted by Gasteiger charge is -2.26. The highest BCUT2D eigenvalue weighted by molar-refractivity contribution is 7.82. The summed E-state index contributed by atoms with van der Waals surface area (Å²) in [6, 6.07) is -0.636. The van der Waals surface area contributed by atoms with Crippen LogP contribution >= 0.6 is 12.6 Å². The standard InChI is InChI=1S/C10H19NO4S/c1-4-6-7(8(12)15-5-2)11-10(3,16)9(13)14/h7,11,16H,4-6H2,1-3H3,(H,13,14). The number of hydrogen-bond acceptors (Lipinski definition) is 5.